The molecule has 0 spiro atoms. The second-order valence-corrected chi connectivity index (χ2v) is 10.2. The van der Waals surface area contributed by atoms with Gasteiger partial charge in [0.2, 0.25) is 0 Å². The number of hydrogen-bond acceptors (Lipinski definition) is 4. The molecule has 3 aromatic rings. The molecular weight excluding hydrogens is 429 g/mol. The predicted molar refractivity (Wildman–Crippen MR) is 130 cm³/mol. The average molecular weight is 458 g/mol. The van der Waals surface area contributed by atoms with E-state index < -0.39 is 5.54 Å². The highest BCUT2D eigenvalue weighted by Crippen LogP contribution is 2.35. The number of tetrazole rings is 1. The lowest BCUT2D eigenvalue weighted by atomic mass is 9.85. The summed E-state index contributed by atoms with van der Waals surface area (Å²) in [4.78, 5) is 0. The number of aromatic nitrogens is 4. The van der Waals surface area contributed by atoms with Crippen LogP contribution in [0.5, 0.6) is 0 Å². The van der Waals surface area contributed by atoms with Crippen LogP contribution in [0.15, 0.2) is 48.5 Å². The van der Waals surface area contributed by atoms with Crippen LogP contribution in [0.25, 0.3) is 6.08 Å². The standard InChI is InChI=1S/C24H29Cl2N5/c1-16-7-12-19(13-8-16)27-24(5,6)22-28-29-30-31(22)21(23(2,3)4)14-10-17-9-11-18(25)15-20(17)26/h7-15,21,27H,1-6H3/t21-/m1/s1. The molecule has 0 radical (unpaired) electrons. The monoisotopic (exact) mass is 457 g/mol. The number of anilines is 1. The van der Waals surface area contributed by atoms with Gasteiger partial charge in [-0.05, 0) is 66.4 Å². The van der Waals surface area contributed by atoms with E-state index in [0.29, 0.717) is 10.0 Å². The third-order valence-corrected chi connectivity index (χ3v) is 5.69. The fourth-order valence-electron chi connectivity index (χ4n) is 3.41. The Morgan fingerprint density at radius 1 is 1.00 bits per heavy atom. The Morgan fingerprint density at radius 3 is 2.29 bits per heavy atom. The molecule has 7 heteroatoms. The van der Waals surface area contributed by atoms with Gasteiger partial charge in [0.15, 0.2) is 5.82 Å². The molecule has 0 bridgehead atoms. The number of nitrogens with one attached hydrogen (secondary N) is 1. The predicted octanol–water partition coefficient (Wildman–Crippen LogP) is 6.94. The molecule has 0 aliphatic carbocycles. The van der Waals surface area contributed by atoms with Gasteiger partial charge in [0.25, 0.3) is 0 Å². The van der Waals surface area contributed by atoms with Crippen molar-refractivity contribution < 1.29 is 0 Å². The van der Waals surface area contributed by atoms with Gasteiger partial charge in [-0.1, -0.05) is 79.9 Å². The highest BCUT2D eigenvalue weighted by Gasteiger charge is 2.34. The van der Waals surface area contributed by atoms with Crippen LogP contribution in [0.4, 0.5) is 5.69 Å². The Morgan fingerprint density at radius 2 is 1.68 bits per heavy atom. The van der Waals surface area contributed by atoms with Crippen LogP contribution in [0, 0.1) is 12.3 Å². The fourth-order valence-corrected chi connectivity index (χ4v) is 3.89. The fraction of sp³-hybridized carbons (Fsp3) is 0.375. The first-order valence-electron chi connectivity index (χ1n) is 10.2. The van der Waals surface area contributed by atoms with Crippen molar-refractivity contribution >= 4 is 35.0 Å². The number of hydrogen-bond donors (Lipinski definition) is 1. The summed E-state index contributed by atoms with van der Waals surface area (Å²) in [7, 11) is 0. The van der Waals surface area contributed by atoms with Gasteiger partial charge in [0.05, 0.1) is 11.6 Å². The first-order valence-corrected chi connectivity index (χ1v) is 11.0. The third kappa shape index (κ3) is 5.66. The Balaban J connectivity index is 1.96. The molecule has 3 rings (SSSR count). The Labute approximate surface area is 194 Å². The third-order valence-electron chi connectivity index (χ3n) is 5.13. The lowest BCUT2D eigenvalue weighted by molar-refractivity contribution is 0.258. The number of allylic oxidation sites excluding steroid dienone is 1. The lowest BCUT2D eigenvalue weighted by Crippen LogP contribution is -2.35. The van der Waals surface area contributed by atoms with Crippen molar-refractivity contribution in [3.63, 3.8) is 0 Å². The number of benzene rings is 2. The van der Waals surface area contributed by atoms with Crippen molar-refractivity contribution in [2.45, 2.75) is 53.1 Å². The molecule has 1 N–H and O–H groups in total. The summed E-state index contributed by atoms with van der Waals surface area (Å²) < 4.78 is 1.89. The molecule has 0 aliphatic heterocycles. The van der Waals surface area contributed by atoms with Crippen molar-refractivity contribution in [1.82, 2.24) is 20.2 Å². The van der Waals surface area contributed by atoms with E-state index in [1.165, 1.54) is 5.56 Å². The first kappa shape index (κ1) is 23.3. The Kier molecular flexibility index (Phi) is 6.77. The summed E-state index contributed by atoms with van der Waals surface area (Å²) in [5.74, 6) is 0.750. The number of aryl methyl sites for hydroxylation is 1. The minimum Gasteiger partial charge on any atom is -0.373 e. The van der Waals surface area contributed by atoms with Gasteiger partial charge in [-0.3, -0.25) is 0 Å². The summed E-state index contributed by atoms with van der Waals surface area (Å²) in [6.45, 7) is 12.7. The van der Waals surface area contributed by atoms with Gasteiger partial charge < -0.3 is 5.32 Å². The normalized spacial score (nSPS) is 13.5. The summed E-state index contributed by atoms with van der Waals surface area (Å²) in [6.07, 6.45) is 4.09. The van der Waals surface area contributed by atoms with E-state index in [1.807, 2.05) is 22.9 Å². The molecule has 1 atom stereocenters. The molecule has 0 saturated carbocycles. The molecule has 0 unspecified atom stereocenters. The van der Waals surface area contributed by atoms with Crippen molar-refractivity contribution in [2.24, 2.45) is 5.41 Å². The second kappa shape index (κ2) is 9.01. The van der Waals surface area contributed by atoms with Gasteiger partial charge in [-0.15, -0.1) is 5.10 Å². The lowest BCUT2D eigenvalue weighted by Gasteiger charge is -2.33. The Hall–Kier alpha value is -2.37. The SMILES string of the molecule is Cc1ccc(NC(C)(C)c2nnnn2[C@H](C=Cc2ccc(Cl)cc2Cl)C(C)(C)C)cc1. The largest absolute Gasteiger partial charge is 0.373 e. The van der Waals surface area contributed by atoms with Crippen molar-refractivity contribution in [3.05, 3.63) is 75.5 Å². The second-order valence-electron chi connectivity index (χ2n) is 9.40. The van der Waals surface area contributed by atoms with Crippen molar-refractivity contribution in [2.75, 3.05) is 5.32 Å². The van der Waals surface area contributed by atoms with E-state index in [1.54, 1.807) is 6.07 Å². The Bertz CT molecular complexity index is 1060. The molecular formula is C24H29Cl2N5. The van der Waals surface area contributed by atoms with Gasteiger partial charge in [0, 0.05) is 15.7 Å². The molecule has 164 valence electrons. The van der Waals surface area contributed by atoms with E-state index >= 15 is 0 Å². The van der Waals surface area contributed by atoms with Crippen molar-refractivity contribution in [3.8, 4) is 0 Å². The van der Waals surface area contributed by atoms with E-state index in [4.69, 9.17) is 23.2 Å². The van der Waals surface area contributed by atoms with Gasteiger partial charge in [-0.25, -0.2) is 4.68 Å². The molecule has 31 heavy (non-hydrogen) atoms. The average Bonchev–Trinajstić information content (AvgIpc) is 3.14. The molecule has 0 fully saturated rings. The van der Waals surface area contributed by atoms with Crippen molar-refractivity contribution in [1.29, 1.82) is 0 Å². The van der Waals surface area contributed by atoms with Gasteiger partial charge in [0.1, 0.15) is 0 Å². The molecule has 0 amide bonds. The van der Waals surface area contributed by atoms with E-state index in [0.717, 1.165) is 17.1 Å². The summed E-state index contributed by atoms with van der Waals surface area (Å²) in [5, 5.41) is 17.5. The van der Waals surface area contributed by atoms with Crippen LogP contribution in [0.2, 0.25) is 10.0 Å². The minimum atomic E-state index is -0.492. The zero-order chi connectivity index (χ0) is 22.8. The zero-order valence-electron chi connectivity index (χ0n) is 18.8. The van der Waals surface area contributed by atoms with Gasteiger partial charge >= 0.3 is 0 Å². The molecule has 5 nitrogen and oxygen atoms in total. The first-order chi connectivity index (χ1) is 14.5. The number of halogens is 2. The summed E-state index contributed by atoms with van der Waals surface area (Å²) in [5.41, 5.74) is 2.49. The molecule has 2 aromatic carbocycles. The summed E-state index contributed by atoms with van der Waals surface area (Å²) >= 11 is 12.4. The summed E-state index contributed by atoms with van der Waals surface area (Å²) in [6, 6.07) is 13.7. The van der Waals surface area contributed by atoms with E-state index in [2.05, 4.69) is 92.7 Å². The maximum absolute atomic E-state index is 6.36. The van der Waals surface area contributed by atoms with Crippen LogP contribution < -0.4 is 5.32 Å². The molecule has 1 heterocycles. The van der Waals surface area contributed by atoms with Crippen LogP contribution in [0.1, 0.15) is 57.6 Å². The number of nitrogens with zero attached hydrogens (tertiary/aromatic N) is 4. The molecule has 1 aromatic heterocycles. The maximum Gasteiger partial charge on any atom is 0.176 e. The highest BCUT2D eigenvalue weighted by molar-refractivity contribution is 6.35. The maximum atomic E-state index is 6.36. The minimum absolute atomic E-state index is 0.0941. The van der Waals surface area contributed by atoms with Crippen LogP contribution in [-0.2, 0) is 5.54 Å². The highest BCUT2D eigenvalue weighted by atomic mass is 35.5. The molecule has 0 aliphatic rings. The van der Waals surface area contributed by atoms with E-state index in [-0.39, 0.29) is 11.5 Å². The quantitative estimate of drug-likeness (QED) is 0.435. The van der Waals surface area contributed by atoms with E-state index in [9.17, 15) is 0 Å². The van der Waals surface area contributed by atoms with Crippen LogP contribution in [0.3, 0.4) is 0 Å². The van der Waals surface area contributed by atoms with Crippen LogP contribution in [-0.4, -0.2) is 20.2 Å². The van der Waals surface area contributed by atoms with Crippen LogP contribution >= 0.6 is 23.2 Å². The topological polar surface area (TPSA) is 55.6 Å². The van der Waals surface area contributed by atoms with Gasteiger partial charge in [-0.2, -0.15) is 0 Å². The smallest absolute Gasteiger partial charge is 0.176 e. The number of rotatable bonds is 6. The molecule has 0 saturated heterocycles. The zero-order valence-corrected chi connectivity index (χ0v) is 20.3.